The first kappa shape index (κ1) is 22.6. The van der Waals surface area contributed by atoms with Gasteiger partial charge in [-0.25, -0.2) is 4.83 Å². The molecule has 0 atom stereocenters. The molecule has 1 amide bonds. The Morgan fingerprint density at radius 2 is 1.56 bits per heavy atom. The lowest BCUT2D eigenvalue weighted by Crippen LogP contribution is -2.18. The summed E-state index contributed by atoms with van der Waals surface area (Å²) >= 11 is 0. The van der Waals surface area contributed by atoms with Gasteiger partial charge in [0.15, 0.2) is 0 Å². The maximum absolute atomic E-state index is 12.5. The SMILES string of the molecule is O=C(Nc1ccc(/C=N\NS(=O)(=O)c2ccc3ccccc3c2)cc1)c1ccccc1[N+](=O)[O-]. The number of rotatable bonds is 7. The molecule has 0 aliphatic heterocycles. The van der Waals surface area contributed by atoms with E-state index in [4.69, 9.17) is 0 Å². The Hall–Kier alpha value is -4.57. The fourth-order valence-corrected chi connectivity index (χ4v) is 4.06. The Morgan fingerprint density at radius 3 is 2.29 bits per heavy atom. The fraction of sp³-hybridized carbons (Fsp3) is 0. The quantitative estimate of drug-likeness (QED) is 0.234. The van der Waals surface area contributed by atoms with Crippen molar-refractivity contribution in [2.24, 2.45) is 5.10 Å². The second kappa shape index (κ2) is 9.51. The third-order valence-corrected chi connectivity index (χ3v) is 6.15. The predicted octanol–water partition coefficient (Wildman–Crippen LogP) is 4.31. The topological polar surface area (TPSA) is 131 Å². The second-order valence-corrected chi connectivity index (χ2v) is 8.87. The van der Waals surface area contributed by atoms with E-state index in [1.165, 1.54) is 30.5 Å². The lowest BCUT2D eigenvalue weighted by molar-refractivity contribution is -0.385. The second-order valence-electron chi connectivity index (χ2n) is 7.21. The highest BCUT2D eigenvalue weighted by Crippen LogP contribution is 2.20. The summed E-state index contributed by atoms with van der Waals surface area (Å²) in [5.41, 5.74) is 0.644. The first-order valence-corrected chi connectivity index (χ1v) is 11.5. The molecule has 34 heavy (non-hydrogen) atoms. The molecule has 0 bridgehead atoms. The summed E-state index contributed by atoms with van der Waals surface area (Å²) in [6.07, 6.45) is 1.33. The maximum atomic E-state index is 12.5. The first-order valence-electron chi connectivity index (χ1n) is 10.0. The molecule has 4 rings (SSSR count). The molecule has 4 aromatic carbocycles. The molecule has 0 aliphatic rings. The number of benzene rings is 4. The lowest BCUT2D eigenvalue weighted by atomic mass is 10.1. The van der Waals surface area contributed by atoms with Crippen molar-refractivity contribution in [3.8, 4) is 0 Å². The van der Waals surface area contributed by atoms with Crippen molar-refractivity contribution in [1.29, 1.82) is 0 Å². The number of carbonyl (C=O) groups is 1. The van der Waals surface area contributed by atoms with Gasteiger partial charge in [-0.05, 0) is 46.7 Å². The highest BCUT2D eigenvalue weighted by Gasteiger charge is 2.19. The minimum atomic E-state index is -3.85. The zero-order valence-electron chi connectivity index (χ0n) is 17.6. The van der Waals surface area contributed by atoms with Crippen LogP contribution in [0.4, 0.5) is 11.4 Å². The van der Waals surface area contributed by atoms with Crippen molar-refractivity contribution >= 4 is 44.3 Å². The lowest BCUT2D eigenvalue weighted by Gasteiger charge is -2.06. The number of hydrogen-bond donors (Lipinski definition) is 2. The van der Waals surface area contributed by atoms with Crippen LogP contribution in [0.1, 0.15) is 15.9 Å². The van der Waals surface area contributed by atoms with E-state index in [-0.39, 0.29) is 16.1 Å². The largest absolute Gasteiger partial charge is 0.322 e. The molecular formula is C24H18N4O5S. The Labute approximate surface area is 194 Å². The summed E-state index contributed by atoms with van der Waals surface area (Å²) < 4.78 is 25.1. The van der Waals surface area contributed by atoms with Crippen molar-refractivity contribution in [3.63, 3.8) is 0 Å². The zero-order valence-corrected chi connectivity index (χ0v) is 18.4. The summed E-state index contributed by atoms with van der Waals surface area (Å²) in [5, 5.41) is 19.2. The van der Waals surface area contributed by atoms with E-state index < -0.39 is 20.9 Å². The van der Waals surface area contributed by atoms with Crippen LogP contribution in [0.25, 0.3) is 10.8 Å². The van der Waals surface area contributed by atoms with Crippen LogP contribution in [-0.2, 0) is 10.0 Å². The number of hydrogen-bond acceptors (Lipinski definition) is 6. The number of nitrogens with one attached hydrogen (secondary N) is 2. The molecule has 0 fully saturated rings. The molecule has 0 spiro atoms. The van der Waals surface area contributed by atoms with Gasteiger partial charge in [0.1, 0.15) is 5.56 Å². The molecule has 0 aliphatic carbocycles. The molecule has 0 aromatic heterocycles. The van der Waals surface area contributed by atoms with Crippen molar-refractivity contribution in [3.05, 3.63) is 112 Å². The molecular weight excluding hydrogens is 456 g/mol. The molecule has 0 heterocycles. The molecule has 170 valence electrons. The van der Waals surface area contributed by atoms with Gasteiger partial charge in [-0.2, -0.15) is 13.5 Å². The third-order valence-electron chi connectivity index (χ3n) is 4.93. The van der Waals surface area contributed by atoms with E-state index in [9.17, 15) is 23.3 Å². The average Bonchev–Trinajstić information content (AvgIpc) is 2.84. The summed E-state index contributed by atoms with van der Waals surface area (Å²) in [7, 11) is -3.85. The number of hydrazone groups is 1. The van der Waals surface area contributed by atoms with Crippen LogP contribution >= 0.6 is 0 Å². The smallest absolute Gasteiger partial charge is 0.282 e. The summed E-state index contributed by atoms with van der Waals surface area (Å²) in [6, 6.07) is 24.3. The zero-order chi connectivity index (χ0) is 24.1. The van der Waals surface area contributed by atoms with E-state index in [1.54, 1.807) is 42.5 Å². The Kier molecular flexibility index (Phi) is 6.33. The first-order chi connectivity index (χ1) is 16.3. The maximum Gasteiger partial charge on any atom is 0.282 e. The molecule has 9 nitrogen and oxygen atoms in total. The van der Waals surface area contributed by atoms with Crippen LogP contribution in [0.5, 0.6) is 0 Å². The van der Waals surface area contributed by atoms with Crippen LogP contribution in [0.15, 0.2) is 101 Å². The molecule has 2 N–H and O–H groups in total. The number of para-hydroxylation sites is 1. The van der Waals surface area contributed by atoms with Gasteiger partial charge in [0, 0.05) is 11.8 Å². The number of nitro groups is 1. The van der Waals surface area contributed by atoms with Crippen molar-refractivity contribution in [2.45, 2.75) is 4.90 Å². The molecule has 0 saturated carbocycles. The molecule has 0 saturated heterocycles. The Balaban J connectivity index is 1.41. The summed E-state index contributed by atoms with van der Waals surface area (Å²) in [5.74, 6) is -0.614. The van der Waals surface area contributed by atoms with Crippen LogP contribution in [0.3, 0.4) is 0 Å². The van der Waals surface area contributed by atoms with Crippen LogP contribution < -0.4 is 10.1 Å². The van der Waals surface area contributed by atoms with Gasteiger partial charge < -0.3 is 5.32 Å². The molecule has 4 aromatic rings. The van der Waals surface area contributed by atoms with Crippen molar-refractivity contribution < 1.29 is 18.1 Å². The van der Waals surface area contributed by atoms with Gasteiger partial charge in [-0.1, -0.05) is 54.6 Å². The molecule has 0 unspecified atom stereocenters. The Morgan fingerprint density at radius 1 is 0.882 bits per heavy atom. The van der Waals surface area contributed by atoms with E-state index in [2.05, 4.69) is 15.2 Å². The number of carbonyl (C=O) groups excluding carboxylic acids is 1. The minimum Gasteiger partial charge on any atom is -0.322 e. The van der Waals surface area contributed by atoms with Gasteiger partial charge >= 0.3 is 0 Å². The normalized spacial score (nSPS) is 11.4. The minimum absolute atomic E-state index is 0.0544. The molecule has 10 heteroatoms. The van der Waals surface area contributed by atoms with Gasteiger partial charge in [-0.15, -0.1) is 0 Å². The highest BCUT2D eigenvalue weighted by molar-refractivity contribution is 7.89. The Bertz CT molecular complexity index is 1520. The van der Waals surface area contributed by atoms with Gasteiger partial charge in [-0.3, -0.25) is 14.9 Å². The van der Waals surface area contributed by atoms with E-state index in [1.807, 2.05) is 24.3 Å². The summed E-state index contributed by atoms with van der Waals surface area (Å²) in [4.78, 5) is 25.2. The highest BCUT2D eigenvalue weighted by atomic mass is 32.2. The van der Waals surface area contributed by atoms with Gasteiger partial charge in [0.25, 0.3) is 21.6 Å². The fourth-order valence-electron chi connectivity index (χ4n) is 3.23. The number of amides is 1. The van der Waals surface area contributed by atoms with Gasteiger partial charge in [0.2, 0.25) is 0 Å². The van der Waals surface area contributed by atoms with E-state index in [0.29, 0.717) is 11.3 Å². The number of sulfonamides is 1. The van der Waals surface area contributed by atoms with Crippen LogP contribution in [-0.4, -0.2) is 25.5 Å². The predicted molar refractivity (Wildman–Crippen MR) is 129 cm³/mol. The number of nitro benzene ring substituents is 1. The monoisotopic (exact) mass is 474 g/mol. The average molecular weight is 474 g/mol. The van der Waals surface area contributed by atoms with Crippen LogP contribution in [0.2, 0.25) is 0 Å². The summed E-state index contributed by atoms with van der Waals surface area (Å²) in [6.45, 7) is 0. The number of fused-ring (bicyclic) bond motifs is 1. The molecule has 0 radical (unpaired) electrons. The third kappa shape index (κ3) is 5.08. The van der Waals surface area contributed by atoms with Crippen molar-refractivity contribution in [1.82, 2.24) is 4.83 Å². The van der Waals surface area contributed by atoms with Crippen LogP contribution in [0, 0.1) is 10.1 Å². The van der Waals surface area contributed by atoms with Gasteiger partial charge in [0.05, 0.1) is 16.0 Å². The van der Waals surface area contributed by atoms with E-state index in [0.717, 1.165) is 10.8 Å². The standard InChI is InChI=1S/C24H18N4O5S/c29-24(22-7-3-4-8-23(22)28(30)31)26-20-12-9-17(10-13-20)16-25-27-34(32,33)21-14-11-18-5-1-2-6-19(18)15-21/h1-16,27H,(H,26,29)/b25-16-. The van der Waals surface area contributed by atoms with E-state index >= 15 is 0 Å². The number of anilines is 1. The van der Waals surface area contributed by atoms with Crippen molar-refractivity contribution in [2.75, 3.05) is 5.32 Å². The number of nitrogens with zero attached hydrogens (tertiary/aromatic N) is 2.